The van der Waals surface area contributed by atoms with Crippen LogP contribution in [0.1, 0.15) is 24.0 Å². The lowest BCUT2D eigenvalue weighted by atomic mass is 10.0. The van der Waals surface area contributed by atoms with Crippen molar-refractivity contribution in [3.63, 3.8) is 0 Å². The second kappa shape index (κ2) is 8.82. The first kappa shape index (κ1) is 19.1. The number of nitrogens with one attached hydrogen (secondary N) is 3. The zero-order valence-corrected chi connectivity index (χ0v) is 16.4. The minimum atomic E-state index is -0.594. The van der Waals surface area contributed by atoms with Gasteiger partial charge in [0.15, 0.2) is 0 Å². The van der Waals surface area contributed by atoms with Gasteiger partial charge in [0.25, 0.3) is 0 Å². The second-order valence-electron chi connectivity index (χ2n) is 7.46. The molecule has 29 heavy (non-hydrogen) atoms. The van der Waals surface area contributed by atoms with Gasteiger partial charge in [-0.25, -0.2) is 4.79 Å². The van der Waals surface area contributed by atoms with Crippen molar-refractivity contribution in [3.05, 3.63) is 71.9 Å². The van der Waals surface area contributed by atoms with E-state index >= 15 is 0 Å². The van der Waals surface area contributed by atoms with Crippen LogP contribution in [0.4, 0.5) is 4.79 Å². The maximum atomic E-state index is 13.1. The molecule has 1 saturated heterocycles. The Morgan fingerprint density at radius 3 is 2.52 bits per heavy atom. The number of aromatic nitrogens is 1. The number of urea groups is 1. The van der Waals surface area contributed by atoms with Gasteiger partial charge in [-0.2, -0.15) is 0 Å². The highest BCUT2D eigenvalue weighted by molar-refractivity contribution is 5.89. The molecule has 150 valence electrons. The van der Waals surface area contributed by atoms with E-state index in [0.29, 0.717) is 13.0 Å². The van der Waals surface area contributed by atoms with E-state index in [2.05, 4.69) is 15.6 Å². The lowest BCUT2D eigenvalue weighted by molar-refractivity contribution is -0.132. The third kappa shape index (κ3) is 4.59. The van der Waals surface area contributed by atoms with Crippen molar-refractivity contribution in [2.75, 3.05) is 13.1 Å². The van der Waals surface area contributed by atoms with Crippen LogP contribution in [0.5, 0.6) is 0 Å². The number of aromatic amines is 1. The van der Waals surface area contributed by atoms with Crippen molar-refractivity contribution < 1.29 is 9.59 Å². The number of hydrogen-bond donors (Lipinski definition) is 3. The molecule has 1 aliphatic rings. The first-order valence-corrected chi connectivity index (χ1v) is 10.1. The van der Waals surface area contributed by atoms with Crippen LogP contribution in [0.25, 0.3) is 10.9 Å². The number of amides is 3. The van der Waals surface area contributed by atoms with E-state index in [9.17, 15) is 9.59 Å². The molecule has 3 N–H and O–H groups in total. The average molecular weight is 390 g/mol. The Hall–Kier alpha value is -3.28. The molecule has 0 aliphatic carbocycles. The molecule has 4 rings (SSSR count). The summed E-state index contributed by atoms with van der Waals surface area (Å²) in [5, 5.41) is 6.86. The van der Waals surface area contributed by atoms with Gasteiger partial charge in [0.2, 0.25) is 5.91 Å². The summed E-state index contributed by atoms with van der Waals surface area (Å²) in [7, 11) is 0. The summed E-state index contributed by atoms with van der Waals surface area (Å²) >= 11 is 0. The van der Waals surface area contributed by atoms with Crippen molar-refractivity contribution in [1.29, 1.82) is 0 Å². The van der Waals surface area contributed by atoms with Crippen LogP contribution in [0.3, 0.4) is 0 Å². The summed E-state index contributed by atoms with van der Waals surface area (Å²) in [5.41, 5.74) is 3.08. The molecule has 1 aromatic heterocycles. The Bertz CT molecular complexity index is 977. The summed E-state index contributed by atoms with van der Waals surface area (Å²) in [4.78, 5) is 30.7. The minimum absolute atomic E-state index is 0.0114. The van der Waals surface area contributed by atoms with E-state index < -0.39 is 6.04 Å². The zero-order valence-electron chi connectivity index (χ0n) is 16.4. The SMILES string of the molecule is O=C(NCc1ccccc1)NC(Cc1c[nH]c2ccccc12)C(=O)N1CCCC1. The molecule has 1 unspecified atom stereocenters. The third-order valence-corrected chi connectivity index (χ3v) is 5.42. The molecule has 1 fully saturated rings. The Labute approximate surface area is 170 Å². The normalized spacial score (nSPS) is 14.7. The van der Waals surface area contributed by atoms with E-state index in [4.69, 9.17) is 0 Å². The Morgan fingerprint density at radius 1 is 1.00 bits per heavy atom. The van der Waals surface area contributed by atoms with Gasteiger partial charge in [0.05, 0.1) is 0 Å². The number of rotatable bonds is 6. The Balaban J connectivity index is 1.47. The summed E-state index contributed by atoms with van der Waals surface area (Å²) in [6.07, 6.45) is 4.42. The zero-order chi connectivity index (χ0) is 20.1. The van der Waals surface area contributed by atoms with Crippen molar-refractivity contribution >= 4 is 22.8 Å². The van der Waals surface area contributed by atoms with Gasteiger partial charge in [0.1, 0.15) is 6.04 Å². The molecule has 3 amide bonds. The van der Waals surface area contributed by atoms with Crippen molar-refractivity contribution in [1.82, 2.24) is 20.5 Å². The molecule has 2 aromatic carbocycles. The number of H-pyrrole nitrogens is 1. The van der Waals surface area contributed by atoms with E-state index in [1.807, 2.05) is 65.7 Å². The van der Waals surface area contributed by atoms with Crippen LogP contribution < -0.4 is 10.6 Å². The van der Waals surface area contributed by atoms with E-state index in [1.54, 1.807) is 0 Å². The number of benzene rings is 2. The summed E-state index contributed by atoms with van der Waals surface area (Å²) < 4.78 is 0. The van der Waals surface area contributed by atoms with Gasteiger partial charge in [-0.15, -0.1) is 0 Å². The fourth-order valence-electron chi connectivity index (χ4n) is 3.87. The number of para-hydroxylation sites is 1. The molecule has 2 heterocycles. The lowest BCUT2D eigenvalue weighted by Gasteiger charge is -2.24. The lowest BCUT2D eigenvalue weighted by Crippen LogP contribution is -2.51. The predicted molar refractivity (Wildman–Crippen MR) is 113 cm³/mol. The maximum absolute atomic E-state index is 13.1. The minimum Gasteiger partial charge on any atom is -0.361 e. The fourth-order valence-corrected chi connectivity index (χ4v) is 3.87. The Kier molecular flexibility index (Phi) is 5.79. The van der Waals surface area contributed by atoms with Crippen LogP contribution in [0, 0.1) is 0 Å². The number of hydrogen-bond acceptors (Lipinski definition) is 2. The molecule has 0 bridgehead atoms. The number of fused-ring (bicyclic) bond motifs is 1. The summed E-state index contributed by atoms with van der Waals surface area (Å²) in [6.45, 7) is 1.94. The van der Waals surface area contributed by atoms with Crippen LogP contribution in [-0.2, 0) is 17.8 Å². The number of likely N-dealkylation sites (tertiary alicyclic amines) is 1. The highest BCUT2D eigenvalue weighted by atomic mass is 16.2. The monoisotopic (exact) mass is 390 g/mol. The molecule has 0 radical (unpaired) electrons. The molecule has 6 heteroatoms. The van der Waals surface area contributed by atoms with E-state index in [1.165, 1.54) is 0 Å². The van der Waals surface area contributed by atoms with Gasteiger partial charge in [-0.1, -0.05) is 48.5 Å². The van der Waals surface area contributed by atoms with Crippen LogP contribution in [0.15, 0.2) is 60.8 Å². The van der Waals surface area contributed by atoms with E-state index in [0.717, 1.165) is 48.0 Å². The fraction of sp³-hybridized carbons (Fsp3) is 0.304. The molecular weight excluding hydrogens is 364 g/mol. The molecule has 1 atom stereocenters. The van der Waals surface area contributed by atoms with Crippen molar-refractivity contribution in [2.24, 2.45) is 0 Å². The number of carbonyl (C=O) groups excluding carboxylic acids is 2. The molecular formula is C23H26N4O2. The topological polar surface area (TPSA) is 77.2 Å². The van der Waals surface area contributed by atoms with E-state index in [-0.39, 0.29) is 11.9 Å². The molecule has 1 aliphatic heterocycles. The first-order chi connectivity index (χ1) is 14.2. The first-order valence-electron chi connectivity index (χ1n) is 10.1. The standard InChI is InChI=1S/C23H26N4O2/c28-22(27-12-6-7-13-27)21(14-18-16-24-20-11-5-4-10-19(18)20)26-23(29)25-15-17-8-2-1-3-9-17/h1-5,8-11,16,21,24H,6-7,12-15H2,(H2,25,26,29). The van der Waals surface area contributed by atoms with Gasteiger partial charge in [0, 0.05) is 43.2 Å². The largest absolute Gasteiger partial charge is 0.361 e. The van der Waals surface area contributed by atoms with Gasteiger partial charge in [-0.3, -0.25) is 4.79 Å². The van der Waals surface area contributed by atoms with Gasteiger partial charge >= 0.3 is 6.03 Å². The number of nitrogens with zero attached hydrogens (tertiary/aromatic N) is 1. The smallest absolute Gasteiger partial charge is 0.315 e. The van der Waals surface area contributed by atoms with Gasteiger partial charge < -0.3 is 20.5 Å². The molecule has 6 nitrogen and oxygen atoms in total. The molecule has 3 aromatic rings. The second-order valence-corrected chi connectivity index (χ2v) is 7.46. The quantitative estimate of drug-likeness (QED) is 0.604. The maximum Gasteiger partial charge on any atom is 0.315 e. The highest BCUT2D eigenvalue weighted by Gasteiger charge is 2.28. The molecule has 0 saturated carbocycles. The third-order valence-electron chi connectivity index (χ3n) is 5.42. The van der Waals surface area contributed by atoms with Crippen LogP contribution in [-0.4, -0.2) is 41.0 Å². The number of carbonyl (C=O) groups is 2. The predicted octanol–water partition coefficient (Wildman–Crippen LogP) is 3.20. The van der Waals surface area contributed by atoms with Crippen LogP contribution >= 0.6 is 0 Å². The van der Waals surface area contributed by atoms with Crippen molar-refractivity contribution in [3.8, 4) is 0 Å². The van der Waals surface area contributed by atoms with Gasteiger partial charge in [-0.05, 0) is 30.0 Å². The van der Waals surface area contributed by atoms with Crippen LogP contribution in [0.2, 0.25) is 0 Å². The summed E-state index contributed by atoms with van der Waals surface area (Å²) in [6, 6.07) is 16.8. The molecule has 0 spiro atoms. The Morgan fingerprint density at radius 2 is 1.72 bits per heavy atom. The average Bonchev–Trinajstić information content (AvgIpc) is 3.43. The summed E-state index contributed by atoms with van der Waals surface area (Å²) in [5.74, 6) is -0.0114. The van der Waals surface area contributed by atoms with Crippen molar-refractivity contribution in [2.45, 2.75) is 31.8 Å². The highest BCUT2D eigenvalue weighted by Crippen LogP contribution is 2.20.